The third-order valence-corrected chi connectivity index (χ3v) is 2.95. The summed E-state index contributed by atoms with van der Waals surface area (Å²) in [7, 11) is 0. The van der Waals surface area contributed by atoms with Crippen molar-refractivity contribution in [1.29, 1.82) is 0 Å². The summed E-state index contributed by atoms with van der Waals surface area (Å²) < 4.78 is 57.5. The summed E-state index contributed by atoms with van der Waals surface area (Å²) in [6.45, 7) is 6.47. The molecule has 5 N–H and O–H groups in total. The van der Waals surface area contributed by atoms with Crippen molar-refractivity contribution in [3.8, 4) is 0 Å². The summed E-state index contributed by atoms with van der Waals surface area (Å²) in [5.74, 6) is -3.33. The molecule has 0 radical (unpaired) electrons. The lowest BCUT2D eigenvalue weighted by Crippen LogP contribution is -2.34. The zero-order valence-electron chi connectivity index (χ0n) is 20.6. The van der Waals surface area contributed by atoms with Crippen molar-refractivity contribution in [2.75, 3.05) is 5.32 Å². The molecule has 1 aliphatic rings. The van der Waals surface area contributed by atoms with E-state index in [1.165, 1.54) is 0 Å². The van der Waals surface area contributed by atoms with E-state index in [4.69, 9.17) is 15.3 Å². The number of carbonyl (C=O) groups is 1. The normalized spacial score (nSPS) is 45.5. The Kier molecular flexibility index (Phi) is 2.93. The SMILES string of the molecule is [2H]c1nc(NC(C)(C)C)[nH]c(=NC2([2H])C([2H])C(O)C([2H])(C)C([2H])([2H])C2[2H])c1C(N)=O. The van der Waals surface area contributed by atoms with Crippen LogP contribution in [0.5, 0.6) is 0 Å². The van der Waals surface area contributed by atoms with Gasteiger partial charge in [0.2, 0.25) is 5.95 Å². The number of aliphatic hydroxyl groups excluding tert-OH is 1. The molecule has 128 valence electrons. The highest BCUT2D eigenvalue weighted by atomic mass is 16.3. The largest absolute Gasteiger partial charge is 0.393 e. The Labute approximate surface area is 146 Å². The molecular formula is C16H27N5O2. The third kappa shape index (κ3) is 4.79. The first kappa shape index (κ1) is 10.1. The maximum Gasteiger partial charge on any atom is 0.254 e. The third-order valence-electron chi connectivity index (χ3n) is 2.95. The van der Waals surface area contributed by atoms with Gasteiger partial charge in [-0.25, -0.2) is 4.98 Å². The number of primary amides is 1. The minimum Gasteiger partial charge on any atom is -0.393 e. The van der Waals surface area contributed by atoms with Crippen molar-refractivity contribution >= 4 is 11.9 Å². The Bertz CT molecular complexity index is 914. The summed E-state index contributed by atoms with van der Waals surface area (Å²) in [4.78, 5) is 22.4. The molecule has 2 rings (SSSR count). The number of hydrogen-bond acceptors (Lipinski definition) is 5. The van der Waals surface area contributed by atoms with Crippen LogP contribution in [0.15, 0.2) is 11.2 Å². The van der Waals surface area contributed by atoms with Gasteiger partial charge in [0.05, 0.1) is 20.4 Å². The highest BCUT2D eigenvalue weighted by Crippen LogP contribution is 2.25. The van der Waals surface area contributed by atoms with Gasteiger partial charge in [-0.1, -0.05) is 6.92 Å². The molecule has 7 nitrogen and oxygen atoms in total. The summed E-state index contributed by atoms with van der Waals surface area (Å²) in [6.07, 6.45) is -9.18. The zero-order valence-corrected chi connectivity index (χ0v) is 13.6. The fourth-order valence-corrected chi connectivity index (χ4v) is 1.84. The lowest BCUT2D eigenvalue weighted by molar-refractivity contribution is 0.0704. The fraction of sp³-hybridized carbons (Fsp3) is 0.688. The number of aromatic amines is 1. The van der Waals surface area contributed by atoms with Gasteiger partial charge < -0.3 is 21.1 Å². The van der Waals surface area contributed by atoms with Crippen molar-refractivity contribution < 1.29 is 19.5 Å². The summed E-state index contributed by atoms with van der Waals surface area (Å²) in [5, 5.41) is 13.3. The molecule has 1 aromatic rings. The topological polar surface area (TPSA) is 116 Å². The van der Waals surface area contributed by atoms with Gasteiger partial charge in [-0.15, -0.1) is 0 Å². The van der Waals surface area contributed by atoms with Gasteiger partial charge in [-0.05, 0) is 45.8 Å². The van der Waals surface area contributed by atoms with Crippen molar-refractivity contribution in [3.63, 3.8) is 0 Å². The summed E-state index contributed by atoms with van der Waals surface area (Å²) in [6, 6.07) is -2.61. The van der Waals surface area contributed by atoms with Crippen LogP contribution in [0, 0.1) is 5.89 Å². The van der Waals surface area contributed by atoms with Crippen LogP contribution in [0.2, 0.25) is 0 Å². The van der Waals surface area contributed by atoms with E-state index >= 15 is 0 Å². The van der Waals surface area contributed by atoms with Crippen LogP contribution in [0.1, 0.15) is 66.8 Å². The van der Waals surface area contributed by atoms with E-state index in [9.17, 15) is 9.90 Å². The van der Waals surface area contributed by atoms with Crippen molar-refractivity contribution in [2.45, 2.75) is 64.5 Å². The van der Waals surface area contributed by atoms with Gasteiger partial charge in [-0.3, -0.25) is 9.79 Å². The molecule has 1 saturated carbocycles. The molecule has 0 aliphatic heterocycles. The second-order valence-corrected chi connectivity index (χ2v) is 6.28. The second kappa shape index (κ2) is 6.70. The smallest absolute Gasteiger partial charge is 0.254 e. The molecule has 1 amide bonds. The summed E-state index contributed by atoms with van der Waals surface area (Å²) >= 11 is 0. The average molecular weight is 328 g/mol. The van der Waals surface area contributed by atoms with Gasteiger partial charge in [-0.2, -0.15) is 0 Å². The molecule has 23 heavy (non-hydrogen) atoms. The highest BCUT2D eigenvalue weighted by Gasteiger charge is 2.26. The first-order valence-corrected chi connectivity index (χ1v) is 7.13. The van der Waals surface area contributed by atoms with Crippen LogP contribution in [0.3, 0.4) is 0 Å². The maximum absolute atomic E-state index is 11.9. The second-order valence-electron chi connectivity index (χ2n) is 6.28. The van der Waals surface area contributed by atoms with E-state index in [0.29, 0.717) is 0 Å². The van der Waals surface area contributed by atoms with E-state index in [0.717, 1.165) is 6.92 Å². The molecule has 5 unspecified atom stereocenters. The zero-order chi connectivity index (χ0) is 23.4. The lowest BCUT2D eigenvalue weighted by atomic mass is 9.85. The van der Waals surface area contributed by atoms with Crippen LogP contribution in [0.25, 0.3) is 0 Å². The molecule has 1 heterocycles. The number of nitrogens with one attached hydrogen (secondary N) is 2. The predicted molar refractivity (Wildman–Crippen MR) is 88.9 cm³/mol. The van der Waals surface area contributed by atoms with E-state index in [1.807, 2.05) is 0 Å². The number of rotatable bonds is 3. The molecule has 7 heteroatoms. The molecule has 0 spiro atoms. The molecule has 1 aliphatic carbocycles. The number of carbonyl (C=O) groups excluding carboxylic acids is 1. The standard InChI is InChI=1S/C16H27N5O2/c1-9-5-6-10(7-12(9)22)19-14-11(13(17)23)8-18-15(20-14)21-16(2,3)4/h8-10,12,22H,5-7H2,1-4H3,(H2,17,23)(H2,18,19,20,21)/i5D2,6D,7D,8D,9D,10D. The van der Waals surface area contributed by atoms with Gasteiger partial charge >= 0.3 is 0 Å². The van der Waals surface area contributed by atoms with Crippen LogP contribution in [-0.4, -0.2) is 38.6 Å². The molecule has 0 aromatic carbocycles. The fourth-order valence-electron chi connectivity index (χ4n) is 1.84. The minimum absolute atomic E-state index is 0.00705. The van der Waals surface area contributed by atoms with Gasteiger partial charge in [0.15, 0.2) is 0 Å². The van der Waals surface area contributed by atoms with Gasteiger partial charge in [0.1, 0.15) is 5.49 Å². The number of nitrogens with two attached hydrogens (primary N) is 1. The molecular weight excluding hydrogens is 294 g/mol. The Balaban J connectivity index is 2.80. The number of amides is 1. The van der Waals surface area contributed by atoms with Crippen LogP contribution in [0.4, 0.5) is 5.95 Å². The number of hydrogen-bond donors (Lipinski definition) is 4. The first-order valence-electron chi connectivity index (χ1n) is 10.8. The number of nitrogens with zero attached hydrogens (tertiary/aromatic N) is 2. The Morgan fingerprint density at radius 3 is 3.00 bits per heavy atom. The van der Waals surface area contributed by atoms with Crippen molar-refractivity contribution in [1.82, 2.24) is 9.97 Å². The molecule has 0 bridgehead atoms. The Hall–Kier alpha value is -1.89. The minimum atomic E-state index is -2.72. The first-order chi connectivity index (χ1) is 13.4. The number of anilines is 1. The van der Waals surface area contributed by atoms with E-state index in [2.05, 4.69) is 20.3 Å². The number of aliphatic hydroxyl groups is 1. The van der Waals surface area contributed by atoms with Gasteiger partial charge in [0, 0.05) is 18.6 Å². The quantitative estimate of drug-likeness (QED) is 0.666. The van der Waals surface area contributed by atoms with E-state index < -0.39 is 65.9 Å². The predicted octanol–water partition coefficient (Wildman–Crippen LogP) is 1.17. The maximum atomic E-state index is 11.9. The van der Waals surface area contributed by atoms with Gasteiger partial charge in [0.25, 0.3) is 5.91 Å². The molecule has 0 saturated heterocycles. The van der Waals surface area contributed by atoms with E-state index in [1.54, 1.807) is 20.8 Å². The van der Waals surface area contributed by atoms with Crippen molar-refractivity contribution in [3.05, 3.63) is 17.2 Å². The molecule has 1 aromatic heterocycles. The highest BCUT2D eigenvalue weighted by molar-refractivity contribution is 5.92. The molecule has 5 atom stereocenters. The van der Waals surface area contributed by atoms with E-state index in [-0.39, 0.29) is 5.95 Å². The van der Waals surface area contributed by atoms with Crippen molar-refractivity contribution in [2.24, 2.45) is 16.6 Å². The molecule has 1 fully saturated rings. The monoisotopic (exact) mass is 328 g/mol. The Morgan fingerprint density at radius 1 is 1.70 bits per heavy atom. The average Bonchev–Trinajstić information content (AvgIpc) is 2.56. The van der Waals surface area contributed by atoms with Crippen LogP contribution < -0.4 is 16.5 Å². The Morgan fingerprint density at radius 2 is 2.39 bits per heavy atom. The number of aromatic nitrogens is 2. The lowest BCUT2D eigenvalue weighted by Gasteiger charge is -2.28. The summed E-state index contributed by atoms with van der Waals surface area (Å²) in [5.41, 5.74) is 3.87. The van der Waals surface area contributed by atoms with Crippen LogP contribution >= 0.6 is 0 Å². The van der Waals surface area contributed by atoms with Crippen LogP contribution in [-0.2, 0) is 0 Å². The number of H-pyrrole nitrogens is 1.